The van der Waals surface area contributed by atoms with Gasteiger partial charge in [0, 0.05) is 5.02 Å². The van der Waals surface area contributed by atoms with Crippen LogP contribution < -0.4 is 19.6 Å². The fourth-order valence-electron chi connectivity index (χ4n) is 2.61. The van der Waals surface area contributed by atoms with Gasteiger partial charge in [-0.3, -0.25) is 4.79 Å². The minimum absolute atomic E-state index is 0.0393. The molecule has 0 spiro atoms. The van der Waals surface area contributed by atoms with Gasteiger partial charge in [0.15, 0.2) is 17.6 Å². The van der Waals surface area contributed by atoms with Crippen LogP contribution in [0.1, 0.15) is 37.5 Å². The summed E-state index contributed by atoms with van der Waals surface area (Å²) in [6.07, 6.45) is 0.851. The third kappa shape index (κ3) is 6.39. The van der Waals surface area contributed by atoms with Gasteiger partial charge in [0.1, 0.15) is 5.75 Å². The quantitative estimate of drug-likeness (QED) is 0.499. The number of aryl methyl sites for hydroxylation is 2. The van der Waals surface area contributed by atoms with Gasteiger partial charge in [0.05, 0.1) is 19.4 Å². The Hall–Kier alpha value is -2.73. The number of rotatable bonds is 8. The molecule has 2 aromatic rings. The zero-order valence-electron chi connectivity index (χ0n) is 17.6. The molecule has 0 radical (unpaired) electrons. The van der Waals surface area contributed by atoms with E-state index in [4.69, 9.17) is 25.8 Å². The Morgan fingerprint density at radius 2 is 1.72 bits per heavy atom. The van der Waals surface area contributed by atoms with Crippen LogP contribution in [0.15, 0.2) is 35.4 Å². The van der Waals surface area contributed by atoms with Gasteiger partial charge in [-0.2, -0.15) is 5.10 Å². The van der Waals surface area contributed by atoms with Crippen molar-refractivity contribution < 1.29 is 19.0 Å². The lowest BCUT2D eigenvalue weighted by molar-refractivity contribution is -0.127. The fraction of sp³-hybridized carbons (Fsp3) is 0.364. The van der Waals surface area contributed by atoms with Gasteiger partial charge >= 0.3 is 0 Å². The molecule has 2 rings (SSSR count). The zero-order valence-corrected chi connectivity index (χ0v) is 18.3. The van der Waals surface area contributed by atoms with Gasteiger partial charge in [-0.25, -0.2) is 5.43 Å². The van der Waals surface area contributed by atoms with Crippen LogP contribution in [0.3, 0.4) is 0 Å². The Morgan fingerprint density at radius 3 is 2.31 bits per heavy atom. The first-order valence-electron chi connectivity index (χ1n) is 9.32. The number of hydrogen-bond acceptors (Lipinski definition) is 5. The fourth-order valence-corrected chi connectivity index (χ4v) is 2.72. The Labute approximate surface area is 176 Å². The number of carbonyl (C=O) groups excluding carboxylic acids is 1. The SMILES string of the molecule is COc1cc(/C=N/NC(=O)C(C)Oc2cc(C)c(Cl)c(C)c2)ccc1OC(C)C. The maximum atomic E-state index is 12.3. The highest BCUT2D eigenvalue weighted by Gasteiger charge is 2.15. The lowest BCUT2D eigenvalue weighted by Crippen LogP contribution is -2.33. The predicted octanol–water partition coefficient (Wildman–Crippen LogP) is 4.67. The number of halogens is 1. The summed E-state index contributed by atoms with van der Waals surface area (Å²) in [5.41, 5.74) is 5.03. The molecule has 6 nitrogen and oxygen atoms in total. The highest BCUT2D eigenvalue weighted by molar-refractivity contribution is 6.32. The highest BCUT2D eigenvalue weighted by Crippen LogP contribution is 2.28. The molecule has 0 aliphatic rings. The summed E-state index contributed by atoms with van der Waals surface area (Å²) in [6.45, 7) is 9.33. The number of methoxy groups -OCH3 is 1. The van der Waals surface area contributed by atoms with Crippen LogP contribution in [0.2, 0.25) is 5.02 Å². The smallest absolute Gasteiger partial charge is 0.280 e. The van der Waals surface area contributed by atoms with Crippen molar-refractivity contribution in [2.75, 3.05) is 7.11 Å². The van der Waals surface area contributed by atoms with E-state index in [9.17, 15) is 4.79 Å². The molecule has 156 valence electrons. The lowest BCUT2D eigenvalue weighted by atomic mass is 10.1. The molecule has 1 N–H and O–H groups in total. The molecular weight excluding hydrogens is 392 g/mol. The second kappa shape index (κ2) is 10.2. The van der Waals surface area contributed by atoms with Gasteiger partial charge in [0.2, 0.25) is 0 Å². The number of carbonyl (C=O) groups is 1. The number of nitrogens with zero attached hydrogens (tertiary/aromatic N) is 1. The molecule has 1 unspecified atom stereocenters. The average molecular weight is 419 g/mol. The molecule has 1 atom stereocenters. The van der Waals surface area contributed by atoms with E-state index in [0.717, 1.165) is 16.7 Å². The van der Waals surface area contributed by atoms with Crippen molar-refractivity contribution in [1.29, 1.82) is 0 Å². The van der Waals surface area contributed by atoms with Crippen molar-refractivity contribution in [2.24, 2.45) is 5.10 Å². The van der Waals surface area contributed by atoms with E-state index >= 15 is 0 Å². The molecule has 0 heterocycles. The molecular formula is C22H27ClN2O4. The number of ether oxygens (including phenoxy) is 3. The minimum atomic E-state index is -0.719. The maximum absolute atomic E-state index is 12.3. The standard InChI is InChI=1S/C22H27ClN2O4/c1-13(2)28-19-8-7-17(11-20(19)27-6)12-24-25-22(26)16(5)29-18-9-14(3)21(23)15(4)10-18/h7-13,16H,1-6H3,(H,25,26)/b24-12+. The summed E-state index contributed by atoms with van der Waals surface area (Å²) < 4.78 is 16.7. The number of hydrazone groups is 1. The topological polar surface area (TPSA) is 69.2 Å². The Bertz CT molecular complexity index is 873. The molecule has 1 amide bonds. The molecule has 0 saturated heterocycles. The number of benzene rings is 2. The van der Waals surface area contributed by atoms with Crippen LogP contribution >= 0.6 is 11.6 Å². The molecule has 0 aliphatic heterocycles. The lowest BCUT2D eigenvalue weighted by Gasteiger charge is -2.15. The first kappa shape index (κ1) is 22.6. The van der Waals surface area contributed by atoms with E-state index < -0.39 is 6.10 Å². The summed E-state index contributed by atoms with van der Waals surface area (Å²) in [7, 11) is 1.57. The first-order chi connectivity index (χ1) is 13.7. The van der Waals surface area contributed by atoms with Crippen LogP contribution in [0, 0.1) is 13.8 Å². The van der Waals surface area contributed by atoms with Crippen molar-refractivity contribution in [3.63, 3.8) is 0 Å². The number of amides is 1. The predicted molar refractivity (Wildman–Crippen MR) is 116 cm³/mol. The molecule has 0 saturated carbocycles. The molecule has 29 heavy (non-hydrogen) atoms. The van der Waals surface area contributed by atoms with Gasteiger partial charge in [-0.05, 0) is 81.6 Å². The Kier molecular flexibility index (Phi) is 7.91. The molecule has 0 bridgehead atoms. The van der Waals surface area contributed by atoms with Crippen molar-refractivity contribution >= 4 is 23.7 Å². The highest BCUT2D eigenvalue weighted by atomic mass is 35.5. The van der Waals surface area contributed by atoms with Crippen LogP contribution in [-0.2, 0) is 4.79 Å². The first-order valence-corrected chi connectivity index (χ1v) is 9.70. The van der Waals surface area contributed by atoms with Crippen LogP contribution in [0.25, 0.3) is 0 Å². The van der Waals surface area contributed by atoms with E-state index in [0.29, 0.717) is 22.3 Å². The van der Waals surface area contributed by atoms with Gasteiger partial charge in [0.25, 0.3) is 5.91 Å². The van der Waals surface area contributed by atoms with Gasteiger partial charge in [-0.15, -0.1) is 0 Å². The monoisotopic (exact) mass is 418 g/mol. The van der Waals surface area contributed by atoms with E-state index in [1.807, 2.05) is 33.8 Å². The molecule has 2 aromatic carbocycles. The second-order valence-electron chi connectivity index (χ2n) is 6.94. The molecule has 0 aliphatic carbocycles. The second-order valence-corrected chi connectivity index (χ2v) is 7.32. The van der Waals surface area contributed by atoms with E-state index in [2.05, 4.69) is 10.5 Å². The largest absolute Gasteiger partial charge is 0.493 e. The van der Waals surface area contributed by atoms with E-state index in [-0.39, 0.29) is 12.0 Å². The minimum Gasteiger partial charge on any atom is -0.493 e. The van der Waals surface area contributed by atoms with E-state index in [1.54, 1.807) is 38.3 Å². The Morgan fingerprint density at radius 1 is 1.07 bits per heavy atom. The molecule has 0 aromatic heterocycles. The van der Waals surface area contributed by atoms with Crippen molar-refractivity contribution in [3.8, 4) is 17.2 Å². The number of nitrogens with one attached hydrogen (secondary N) is 1. The normalized spacial score (nSPS) is 12.1. The van der Waals surface area contributed by atoms with Crippen molar-refractivity contribution in [1.82, 2.24) is 5.43 Å². The summed E-state index contributed by atoms with van der Waals surface area (Å²) in [6, 6.07) is 9.02. The average Bonchev–Trinajstić information content (AvgIpc) is 2.66. The summed E-state index contributed by atoms with van der Waals surface area (Å²) in [4.78, 5) is 12.3. The van der Waals surface area contributed by atoms with Crippen LogP contribution in [-0.4, -0.2) is 31.4 Å². The third-order valence-electron chi connectivity index (χ3n) is 4.03. The van der Waals surface area contributed by atoms with Crippen molar-refractivity contribution in [3.05, 3.63) is 52.0 Å². The third-order valence-corrected chi connectivity index (χ3v) is 4.63. The van der Waals surface area contributed by atoms with E-state index in [1.165, 1.54) is 6.21 Å². The number of hydrogen-bond donors (Lipinski definition) is 1. The van der Waals surface area contributed by atoms with Crippen LogP contribution in [0.5, 0.6) is 17.2 Å². The molecule has 7 heteroatoms. The summed E-state index contributed by atoms with van der Waals surface area (Å²) in [5, 5.41) is 4.69. The Balaban J connectivity index is 1.98. The zero-order chi connectivity index (χ0) is 21.6. The summed E-state index contributed by atoms with van der Waals surface area (Å²) >= 11 is 6.16. The van der Waals surface area contributed by atoms with Crippen molar-refractivity contribution in [2.45, 2.75) is 46.8 Å². The van der Waals surface area contributed by atoms with Crippen LogP contribution in [0.4, 0.5) is 0 Å². The van der Waals surface area contributed by atoms with Gasteiger partial charge in [-0.1, -0.05) is 11.6 Å². The maximum Gasteiger partial charge on any atom is 0.280 e. The molecule has 0 fully saturated rings. The summed E-state index contributed by atoms with van der Waals surface area (Å²) in [5.74, 6) is 1.47. The van der Waals surface area contributed by atoms with Gasteiger partial charge < -0.3 is 14.2 Å².